The van der Waals surface area contributed by atoms with E-state index in [1.165, 1.54) is 12.1 Å². The summed E-state index contributed by atoms with van der Waals surface area (Å²) in [6.07, 6.45) is -0.812. The van der Waals surface area contributed by atoms with Crippen molar-refractivity contribution in [2.45, 2.75) is 12.8 Å². The summed E-state index contributed by atoms with van der Waals surface area (Å²) in [7, 11) is 0. The van der Waals surface area contributed by atoms with Crippen LogP contribution in [-0.4, -0.2) is 49.4 Å². The molecule has 160 valence electrons. The lowest BCUT2D eigenvalue weighted by Crippen LogP contribution is -2.26. The predicted molar refractivity (Wildman–Crippen MR) is 108 cm³/mol. The van der Waals surface area contributed by atoms with Crippen molar-refractivity contribution in [2.24, 2.45) is 11.8 Å². The van der Waals surface area contributed by atoms with Gasteiger partial charge in [0.25, 0.3) is 0 Å². The molecule has 0 saturated heterocycles. The Hall–Kier alpha value is -4.14. The SMILES string of the molecule is O=C(O)C(Cc1c2ccccc2c(CC(C(=O)O)C(=O)O)c2c(O)cccc12)C(=O)O. The number of rotatable bonds is 8. The summed E-state index contributed by atoms with van der Waals surface area (Å²) in [4.78, 5) is 46.0. The number of hydrogen-bond donors (Lipinski definition) is 5. The molecule has 9 nitrogen and oxygen atoms in total. The lowest BCUT2D eigenvalue weighted by molar-refractivity contribution is -0.156. The van der Waals surface area contributed by atoms with Crippen LogP contribution in [0.2, 0.25) is 0 Å². The van der Waals surface area contributed by atoms with Crippen LogP contribution in [-0.2, 0) is 32.0 Å². The first-order valence-corrected chi connectivity index (χ1v) is 9.18. The van der Waals surface area contributed by atoms with E-state index in [2.05, 4.69) is 0 Å². The summed E-state index contributed by atoms with van der Waals surface area (Å²) in [5.74, 6) is -9.90. The maximum absolute atomic E-state index is 11.5. The van der Waals surface area contributed by atoms with Crippen LogP contribution in [0.5, 0.6) is 5.75 Å². The molecule has 0 atom stereocenters. The Kier molecular flexibility index (Phi) is 5.78. The first kappa shape index (κ1) is 21.6. The normalized spacial score (nSPS) is 11.3. The second-order valence-electron chi connectivity index (χ2n) is 7.07. The van der Waals surface area contributed by atoms with Crippen LogP contribution in [0.4, 0.5) is 0 Å². The quantitative estimate of drug-likeness (QED) is 0.268. The predicted octanol–water partition coefficient (Wildman–Crippen LogP) is 2.35. The number of fused-ring (bicyclic) bond motifs is 2. The van der Waals surface area contributed by atoms with Crippen molar-refractivity contribution >= 4 is 45.4 Å². The van der Waals surface area contributed by atoms with Crippen LogP contribution in [0.15, 0.2) is 42.5 Å². The van der Waals surface area contributed by atoms with E-state index in [-0.39, 0.29) is 23.1 Å². The van der Waals surface area contributed by atoms with Gasteiger partial charge >= 0.3 is 23.9 Å². The summed E-state index contributed by atoms with van der Waals surface area (Å²) >= 11 is 0. The third kappa shape index (κ3) is 3.97. The Morgan fingerprint density at radius 1 is 0.613 bits per heavy atom. The number of carbonyl (C=O) groups is 4. The molecule has 0 fully saturated rings. The van der Waals surface area contributed by atoms with E-state index >= 15 is 0 Å². The van der Waals surface area contributed by atoms with Gasteiger partial charge in [-0.1, -0.05) is 36.4 Å². The van der Waals surface area contributed by atoms with E-state index in [1.807, 2.05) is 0 Å². The fourth-order valence-corrected chi connectivity index (χ4v) is 3.80. The van der Waals surface area contributed by atoms with Gasteiger partial charge in [0.15, 0.2) is 11.8 Å². The summed E-state index contributed by atoms with van der Waals surface area (Å²) in [5, 5.41) is 49.3. The Morgan fingerprint density at radius 2 is 1.03 bits per heavy atom. The first-order chi connectivity index (χ1) is 14.6. The average Bonchev–Trinajstić information content (AvgIpc) is 2.69. The highest BCUT2D eigenvalue weighted by Gasteiger charge is 2.31. The molecule has 3 aromatic rings. The minimum atomic E-state index is -1.78. The minimum Gasteiger partial charge on any atom is -0.507 e. The van der Waals surface area contributed by atoms with Gasteiger partial charge in [-0.25, -0.2) is 0 Å². The number of aromatic hydroxyl groups is 1. The summed E-state index contributed by atoms with van der Waals surface area (Å²) in [6, 6.07) is 10.9. The molecular formula is C22H18O9. The van der Waals surface area contributed by atoms with Gasteiger partial charge < -0.3 is 25.5 Å². The van der Waals surface area contributed by atoms with Gasteiger partial charge in [0.1, 0.15) is 5.75 Å². The topological polar surface area (TPSA) is 169 Å². The fraction of sp³-hybridized carbons (Fsp3) is 0.182. The molecule has 3 rings (SSSR count). The second-order valence-corrected chi connectivity index (χ2v) is 7.07. The highest BCUT2D eigenvalue weighted by molar-refractivity contribution is 6.09. The van der Waals surface area contributed by atoms with Crippen molar-refractivity contribution in [1.82, 2.24) is 0 Å². The number of phenols is 1. The summed E-state index contributed by atoms with van der Waals surface area (Å²) in [6.45, 7) is 0. The van der Waals surface area contributed by atoms with Gasteiger partial charge in [0.2, 0.25) is 0 Å². The first-order valence-electron chi connectivity index (χ1n) is 9.18. The summed E-state index contributed by atoms with van der Waals surface area (Å²) < 4.78 is 0. The van der Waals surface area contributed by atoms with Gasteiger partial charge in [-0.2, -0.15) is 0 Å². The van der Waals surface area contributed by atoms with Crippen molar-refractivity contribution in [1.29, 1.82) is 0 Å². The molecule has 0 heterocycles. The average molecular weight is 426 g/mol. The lowest BCUT2D eigenvalue weighted by Gasteiger charge is -2.20. The number of hydrogen-bond acceptors (Lipinski definition) is 5. The van der Waals surface area contributed by atoms with Crippen molar-refractivity contribution in [2.75, 3.05) is 0 Å². The Bertz CT molecular complexity index is 1200. The molecule has 0 aliphatic carbocycles. The Morgan fingerprint density at radius 3 is 1.52 bits per heavy atom. The molecule has 0 spiro atoms. The van der Waals surface area contributed by atoms with Crippen molar-refractivity contribution in [3.8, 4) is 5.75 Å². The van der Waals surface area contributed by atoms with Crippen molar-refractivity contribution < 1.29 is 44.7 Å². The van der Waals surface area contributed by atoms with Gasteiger partial charge in [-0.15, -0.1) is 0 Å². The van der Waals surface area contributed by atoms with E-state index in [1.54, 1.807) is 30.3 Å². The standard InChI is InChI=1S/C22H18O9/c23-17-7-3-6-12-13(8-15(19(24)25)20(26)27)10-4-1-2-5-11(10)14(18(12)17)9-16(21(28)29)22(30)31/h1-7,15-16,23H,8-9H2,(H,24,25)(H,26,27)(H,28,29)(H,30,31). The van der Waals surface area contributed by atoms with E-state index in [0.29, 0.717) is 21.7 Å². The zero-order valence-corrected chi connectivity index (χ0v) is 16.0. The largest absolute Gasteiger partial charge is 0.507 e. The fourth-order valence-electron chi connectivity index (χ4n) is 3.80. The molecule has 5 N–H and O–H groups in total. The van der Waals surface area contributed by atoms with E-state index in [9.17, 15) is 44.7 Å². The Labute approximate surface area is 174 Å². The molecule has 0 aliphatic heterocycles. The molecule has 0 amide bonds. The van der Waals surface area contributed by atoms with E-state index < -0.39 is 42.1 Å². The van der Waals surface area contributed by atoms with Gasteiger partial charge in [0.05, 0.1) is 0 Å². The van der Waals surface area contributed by atoms with Crippen LogP contribution < -0.4 is 0 Å². The van der Waals surface area contributed by atoms with Crippen LogP contribution in [0.3, 0.4) is 0 Å². The molecule has 0 aliphatic rings. The van der Waals surface area contributed by atoms with Crippen LogP contribution >= 0.6 is 0 Å². The molecule has 0 unspecified atom stereocenters. The molecule has 31 heavy (non-hydrogen) atoms. The summed E-state index contributed by atoms with van der Waals surface area (Å²) in [5.41, 5.74) is 0.617. The van der Waals surface area contributed by atoms with Crippen LogP contribution in [0, 0.1) is 11.8 Å². The van der Waals surface area contributed by atoms with Crippen LogP contribution in [0.25, 0.3) is 21.5 Å². The molecule has 0 aromatic heterocycles. The number of carboxylic acids is 4. The molecular weight excluding hydrogens is 408 g/mol. The monoisotopic (exact) mass is 426 g/mol. The number of benzene rings is 3. The highest BCUT2D eigenvalue weighted by atomic mass is 16.4. The molecule has 9 heteroatoms. The maximum atomic E-state index is 11.5. The van der Waals surface area contributed by atoms with Gasteiger partial charge in [-0.3, -0.25) is 19.2 Å². The zero-order chi connectivity index (χ0) is 22.9. The van der Waals surface area contributed by atoms with Crippen LogP contribution in [0.1, 0.15) is 11.1 Å². The smallest absolute Gasteiger partial charge is 0.318 e. The van der Waals surface area contributed by atoms with E-state index in [4.69, 9.17) is 0 Å². The molecule has 0 bridgehead atoms. The number of carboxylic acid groups (broad SMARTS) is 4. The highest BCUT2D eigenvalue weighted by Crippen LogP contribution is 2.39. The zero-order valence-electron chi connectivity index (χ0n) is 16.0. The minimum absolute atomic E-state index is 0.165. The third-order valence-corrected chi connectivity index (χ3v) is 5.26. The van der Waals surface area contributed by atoms with Gasteiger partial charge in [-0.05, 0) is 46.2 Å². The maximum Gasteiger partial charge on any atom is 0.318 e. The van der Waals surface area contributed by atoms with Gasteiger partial charge in [0, 0.05) is 5.39 Å². The lowest BCUT2D eigenvalue weighted by atomic mass is 9.84. The number of phenolic OH excluding ortho intramolecular Hbond substituents is 1. The third-order valence-electron chi connectivity index (χ3n) is 5.26. The molecule has 3 aromatic carbocycles. The Balaban J connectivity index is 2.39. The van der Waals surface area contributed by atoms with E-state index in [0.717, 1.165) is 0 Å². The number of aliphatic carboxylic acids is 4. The second kappa shape index (κ2) is 8.31. The molecule has 0 radical (unpaired) electrons. The van der Waals surface area contributed by atoms with Crippen molar-refractivity contribution in [3.63, 3.8) is 0 Å². The molecule has 0 saturated carbocycles. The van der Waals surface area contributed by atoms with Crippen molar-refractivity contribution in [3.05, 3.63) is 53.6 Å².